The zero-order chi connectivity index (χ0) is 12.7. The molecule has 1 aromatic carbocycles. The zero-order valence-electron chi connectivity index (χ0n) is 10.5. The van der Waals surface area contributed by atoms with E-state index in [1.807, 2.05) is 24.3 Å². The van der Waals surface area contributed by atoms with E-state index >= 15 is 0 Å². The topological polar surface area (TPSA) is 55.6 Å². The van der Waals surface area contributed by atoms with Crippen LogP contribution in [0.15, 0.2) is 24.3 Å². The molecule has 4 nitrogen and oxygen atoms in total. The Morgan fingerprint density at radius 3 is 2.88 bits per heavy atom. The Labute approximate surface area is 102 Å². The van der Waals surface area contributed by atoms with Crippen LogP contribution in [-0.2, 0) is 11.3 Å². The average molecular weight is 236 g/mol. The maximum Gasteiger partial charge on any atom is 0.222 e. The molecule has 0 aliphatic carbocycles. The van der Waals surface area contributed by atoms with Gasteiger partial charge in [-0.15, -0.1) is 0 Å². The Kier molecular flexibility index (Phi) is 5.49. The van der Waals surface area contributed by atoms with Crippen molar-refractivity contribution < 1.29 is 9.53 Å². The third-order valence-corrected chi connectivity index (χ3v) is 2.57. The van der Waals surface area contributed by atoms with Crippen molar-refractivity contribution >= 4 is 5.91 Å². The molecule has 0 saturated heterocycles. The first-order chi connectivity index (χ1) is 8.17. The summed E-state index contributed by atoms with van der Waals surface area (Å²) in [6.07, 6.45) is 1.25. The van der Waals surface area contributed by atoms with Gasteiger partial charge < -0.3 is 15.4 Å². The SMILES string of the molecule is COc1cccc(CN(C)C(=O)CCCN)c1. The number of hydrogen-bond acceptors (Lipinski definition) is 3. The van der Waals surface area contributed by atoms with Gasteiger partial charge in [0.05, 0.1) is 7.11 Å². The summed E-state index contributed by atoms with van der Waals surface area (Å²) < 4.78 is 5.14. The van der Waals surface area contributed by atoms with Crippen LogP contribution in [0, 0.1) is 0 Å². The fourth-order valence-electron chi connectivity index (χ4n) is 1.58. The summed E-state index contributed by atoms with van der Waals surface area (Å²) in [6.45, 7) is 1.15. The van der Waals surface area contributed by atoms with Crippen LogP contribution in [0.25, 0.3) is 0 Å². The van der Waals surface area contributed by atoms with Gasteiger partial charge in [0.15, 0.2) is 0 Å². The van der Waals surface area contributed by atoms with Gasteiger partial charge >= 0.3 is 0 Å². The van der Waals surface area contributed by atoms with Crippen molar-refractivity contribution in [1.82, 2.24) is 4.90 Å². The zero-order valence-corrected chi connectivity index (χ0v) is 10.5. The van der Waals surface area contributed by atoms with Crippen LogP contribution in [0.5, 0.6) is 5.75 Å². The third-order valence-electron chi connectivity index (χ3n) is 2.57. The summed E-state index contributed by atoms with van der Waals surface area (Å²) in [5.74, 6) is 0.934. The largest absolute Gasteiger partial charge is 0.497 e. The predicted molar refractivity (Wildman–Crippen MR) is 67.8 cm³/mol. The van der Waals surface area contributed by atoms with Crippen molar-refractivity contribution in [3.63, 3.8) is 0 Å². The first-order valence-electron chi connectivity index (χ1n) is 5.74. The van der Waals surface area contributed by atoms with Gasteiger partial charge in [-0.1, -0.05) is 12.1 Å². The highest BCUT2D eigenvalue weighted by Crippen LogP contribution is 2.14. The first-order valence-corrected chi connectivity index (χ1v) is 5.74. The first kappa shape index (κ1) is 13.5. The summed E-state index contributed by atoms with van der Waals surface area (Å²) in [7, 11) is 3.44. The second kappa shape index (κ2) is 6.91. The lowest BCUT2D eigenvalue weighted by Crippen LogP contribution is -2.26. The molecule has 0 aliphatic rings. The monoisotopic (exact) mass is 236 g/mol. The number of carbonyl (C=O) groups is 1. The molecule has 0 unspecified atom stereocenters. The minimum atomic E-state index is 0.123. The molecule has 17 heavy (non-hydrogen) atoms. The molecule has 0 spiro atoms. The molecule has 4 heteroatoms. The van der Waals surface area contributed by atoms with Gasteiger partial charge in [0.1, 0.15) is 5.75 Å². The number of ether oxygens (including phenoxy) is 1. The number of hydrogen-bond donors (Lipinski definition) is 1. The minimum Gasteiger partial charge on any atom is -0.497 e. The van der Waals surface area contributed by atoms with E-state index in [-0.39, 0.29) is 5.91 Å². The Balaban J connectivity index is 2.54. The van der Waals surface area contributed by atoms with Crippen molar-refractivity contribution in [3.8, 4) is 5.75 Å². The van der Waals surface area contributed by atoms with Gasteiger partial charge in [-0.2, -0.15) is 0 Å². The van der Waals surface area contributed by atoms with E-state index in [2.05, 4.69) is 0 Å². The molecule has 0 bridgehead atoms. The van der Waals surface area contributed by atoms with Gasteiger partial charge in [0, 0.05) is 20.0 Å². The summed E-state index contributed by atoms with van der Waals surface area (Å²) in [6, 6.07) is 7.73. The average Bonchev–Trinajstić information content (AvgIpc) is 2.36. The maximum atomic E-state index is 11.7. The molecule has 0 heterocycles. The van der Waals surface area contributed by atoms with Crippen LogP contribution in [0.3, 0.4) is 0 Å². The lowest BCUT2D eigenvalue weighted by molar-refractivity contribution is -0.130. The van der Waals surface area contributed by atoms with Crippen LogP contribution in [0.1, 0.15) is 18.4 Å². The van der Waals surface area contributed by atoms with E-state index in [1.54, 1.807) is 19.1 Å². The summed E-state index contributed by atoms with van der Waals surface area (Å²) in [4.78, 5) is 13.4. The minimum absolute atomic E-state index is 0.123. The van der Waals surface area contributed by atoms with E-state index in [9.17, 15) is 4.79 Å². The molecule has 0 aromatic heterocycles. The van der Waals surface area contributed by atoms with E-state index in [1.165, 1.54) is 0 Å². The summed E-state index contributed by atoms with van der Waals surface area (Å²) >= 11 is 0. The smallest absolute Gasteiger partial charge is 0.222 e. The Morgan fingerprint density at radius 1 is 1.47 bits per heavy atom. The molecule has 0 radical (unpaired) electrons. The van der Waals surface area contributed by atoms with E-state index < -0.39 is 0 Å². The number of benzene rings is 1. The fourth-order valence-corrected chi connectivity index (χ4v) is 1.58. The van der Waals surface area contributed by atoms with Crippen molar-refractivity contribution in [3.05, 3.63) is 29.8 Å². The second-order valence-corrected chi connectivity index (χ2v) is 3.99. The fraction of sp³-hybridized carbons (Fsp3) is 0.462. The molecule has 0 fully saturated rings. The van der Waals surface area contributed by atoms with E-state index in [4.69, 9.17) is 10.5 Å². The number of carbonyl (C=O) groups excluding carboxylic acids is 1. The normalized spacial score (nSPS) is 10.1. The van der Waals surface area contributed by atoms with Crippen LogP contribution < -0.4 is 10.5 Å². The highest BCUT2D eigenvalue weighted by molar-refractivity contribution is 5.75. The Hall–Kier alpha value is -1.55. The number of nitrogens with two attached hydrogens (primary N) is 1. The standard InChI is InChI=1S/C13H20N2O2/c1-15(13(16)7-4-8-14)10-11-5-3-6-12(9-11)17-2/h3,5-6,9H,4,7-8,10,14H2,1-2H3. The van der Waals surface area contributed by atoms with Crippen molar-refractivity contribution in [1.29, 1.82) is 0 Å². The lowest BCUT2D eigenvalue weighted by atomic mass is 10.2. The quantitative estimate of drug-likeness (QED) is 0.812. The van der Waals surface area contributed by atoms with Crippen molar-refractivity contribution in [2.45, 2.75) is 19.4 Å². The molecule has 1 amide bonds. The Bertz CT molecular complexity index is 366. The van der Waals surface area contributed by atoms with Crippen molar-refractivity contribution in [2.24, 2.45) is 5.73 Å². The second-order valence-electron chi connectivity index (χ2n) is 3.99. The number of rotatable bonds is 6. The molecule has 1 aromatic rings. The molecule has 0 saturated carbocycles. The molecule has 1 rings (SSSR count). The Morgan fingerprint density at radius 2 is 2.24 bits per heavy atom. The molecule has 94 valence electrons. The summed E-state index contributed by atoms with van der Waals surface area (Å²) in [5.41, 5.74) is 6.44. The van der Waals surface area contributed by atoms with Crippen LogP contribution in [0.4, 0.5) is 0 Å². The number of methoxy groups -OCH3 is 1. The van der Waals surface area contributed by atoms with E-state index in [0.717, 1.165) is 17.7 Å². The van der Waals surface area contributed by atoms with Gasteiger partial charge in [0.2, 0.25) is 5.91 Å². The lowest BCUT2D eigenvalue weighted by Gasteiger charge is -2.17. The molecule has 2 N–H and O–H groups in total. The summed E-state index contributed by atoms with van der Waals surface area (Å²) in [5, 5.41) is 0. The van der Waals surface area contributed by atoms with Crippen LogP contribution in [0.2, 0.25) is 0 Å². The van der Waals surface area contributed by atoms with Gasteiger partial charge in [-0.3, -0.25) is 4.79 Å². The van der Waals surface area contributed by atoms with Crippen molar-refractivity contribution in [2.75, 3.05) is 20.7 Å². The highest BCUT2D eigenvalue weighted by Gasteiger charge is 2.08. The molecular weight excluding hydrogens is 216 g/mol. The van der Waals surface area contributed by atoms with Crippen LogP contribution in [-0.4, -0.2) is 31.5 Å². The number of nitrogens with zero attached hydrogens (tertiary/aromatic N) is 1. The van der Waals surface area contributed by atoms with Gasteiger partial charge in [0.25, 0.3) is 0 Å². The molecular formula is C13H20N2O2. The predicted octanol–water partition coefficient (Wildman–Crippen LogP) is 1.39. The maximum absolute atomic E-state index is 11.7. The third kappa shape index (κ3) is 4.44. The highest BCUT2D eigenvalue weighted by atomic mass is 16.5. The molecule has 0 aliphatic heterocycles. The van der Waals surface area contributed by atoms with E-state index in [0.29, 0.717) is 19.5 Å². The number of amides is 1. The van der Waals surface area contributed by atoms with Gasteiger partial charge in [-0.05, 0) is 30.7 Å². The van der Waals surface area contributed by atoms with Gasteiger partial charge in [-0.25, -0.2) is 0 Å². The molecule has 0 atom stereocenters. The van der Waals surface area contributed by atoms with Crippen LogP contribution >= 0.6 is 0 Å².